The summed E-state index contributed by atoms with van der Waals surface area (Å²) in [6.07, 6.45) is 0.789. The quantitative estimate of drug-likeness (QED) is 0.201. The van der Waals surface area contributed by atoms with E-state index in [9.17, 15) is 4.79 Å². The van der Waals surface area contributed by atoms with Crippen molar-refractivity contribution >= 4 is 44.4 Å². The molecule has 0 aromatic heterocycles. The molecule has 34 heavy (non-hydrogen) atoms. The van der Waals surface area contributed by atoms with Crippen molar-refractivity contribution in [2.75, 3.05) is 6.54 Å². The van der Waals surface area contributed by atoms with Gasteiger partial charge in [0, 0.05) is 33.2 Å². The molecule has 3 nitrogen and oxygen atoms in total. The van der Waals surface area contributed by atoms with Gasteiger partial charge in [0.05, 0.1) is 0 Å². The summed E-state index contributed by atoms with van der Waals surface area (Å²) >= 11 is 5.94. The van der Waals surface area contributed by atoms with Crippen molar-refractivity contribution in [2.45, 2.75) is 19.5 Å². The number of nitrogens with one attached hydrogen (secondary N) is 1. The smallest absolute Gasteiger partial charge is 0.251 e. The zero-order chi connectivity index (χ0) is 23.8. The second-order valence-corrected chi connectivity index (χ2v) is 10.0. The molecule has 171 valence electrons. The monoisotopic (exact) mass is 623 g/mol. The summed E-state index contributed by atoms with van der Waals surface area (Å²) in [5.41, 5.74) is 6.55. The molecule has 0 saturated carbocycles. The van der Waals surface area contributed by atoms with Crippen LogP contribution in [0.4, 0.5) is 0 Å². The van der Waals surface area contributed by atoms with E-state index < -0.39 is 0 Å². The number of rotatable bonds is 9. The number of carbonyl (C=O) groups is 1. The number of hydrogen-bond acceptors (Lipinski definition) is 1. The summed E-state index contributed by atoms with van der Waals surface area (Å²) in [4.78, 5) is 12.6. The Morgan fingerprint density at radius 1 is 0.794 bits per heavy atom. The first-order valence-electron chi connectivity index (χ1n) is 11.2. The molecular weight excluding hydrogens is 599 g/mol. The first-order valence-corrected chi connectivity index (χ1v) is 13.0. The second kappa shape index (κ2) is 12.3. The lowest BCUT2D eigenvalue weighted by Crippen LogP contribution is -2.25. The van der Waals surface area contributed by atoms with E-state index in [0.29, 0.717) is 25.2 Å². The number of hydrogen-bond donors (Lipinski definition) is 1. The first kappa shape index (κ1) is 24.6. The number of benzene rings is 4. The fraction of sp³-hybridized carbons (Fsp3) is 0.138. The van der Waals surface area contributed by atoms with Crippen LogP contribution in [-0.2, 0) is 19.5 Å². The average molecular weight is 624 g/mol. The van der Waals surface area contributed by atoms with E-state index >= 15 is 0 Å². The summed E-state index contributed by atoms with van der Waals surface area (Å²) in [5.74, 6) is -0.0658. The van der Waals surface area contributed by atoms with Crippen LogP contribution < -0.4 is 10.6 Å². The molecule has 5 heteroatoms. The van der Waals surface area contributed by atoms with E-state index in [1.165, 1.54) is 25.8 Å². The van der Waals surface area contributed by atoms with Gasteiger partial charge >= 0.3 is 0 Å². The maximum absolute atomic E-state index is 12.6. The Balaban J connectivity index is 1.25. The molecular formula is C29H25BrIN2O. The van der Waals surface area contributed by atoms with Crippen LogP contribution in [0.2, 0.25) is 0 Å². The molecule has 1 N–H and O–H groups in total. The molecule has 0 atom stereocenters. The number of halogens is 2. The summed E-state index contributed by atoms with van der Waals surface area (Å²) < 4.78 is 2.13. The van der Waals surface area contributed by atoms with Crippen molar-refractivity contribution in [3.05, 3.63) is 127 Å². The van der Waals surface area contributed by atoms with Gasteiger partial charge in [0.2, 0.25) is 0 Å². The molecule has 1 radical (unpaired) electrons. The second-order valence-electron chi connectivity index (χ2n) is 8.01. The van der Waals surface area contributed by atoms with E-state index in [1.54, 1.807) is 0 Å². The molecule has 4 rings (SSSR count). The van der Waals surface area contributed by atoms with Gasteiger partial charge in [-0.05, 0) is 75.0 Å². The van der Waals surface area contributed by atoms with Crippen molar-refractivity contribution < 1.29 is 4.79 Å². The zero-order valence-electron chi connectivity index (χ0n) is 18.7. The third-order valence-electron chi connectivity index (χ3n) is 5.60. The van der Waals surface area contributed by atoms with Gasteiger partial charge in [-0.1, -0.05) is 94.8 Å². The van der Waals surface area contributed by atoms with Crippen LogP contribution in [0, 0.1) is 3.57 Å². The predicted molar refractivity (Wildman–Crippen MR) is 151 cm³/mol. The highest BCUT2D eigenvalue weighted by atomic mass is 127. The molecule has 0 aliphatic rings. The molecule has 0 heterocycles. The topological polar surface area (TPSA) is 43.2 Å². The minimum absolute atomic E-state index is 0.0658. The molecule has 0 spiro atoms. The maximum Gasteiger partial charge on any atom is 0.251 e. The molecule has 4 aromatic rings. The van der Waals surface area contributed by atoms with Gasteiger partial charge in [0.1, 0.15) is 0 Å². The SMILES string of the molecule is O=C(NCCc1ccc(-c2ccccc2)cc1)c1ccc(C[N]Cc2ccccc2I)c(Br)c1. The van der Waals surface area contributed by atoms with E-state index in [1.807, 2.05) is 48.5 Å². The van der Waals surface area contributed by atoms with Crippen LogP contribution in [0.15, 0.2) is 102 Å². The van der Waals surface area contributed by atoms with Crippen molar-refractivity contribution in [2.24, 2.45) is 0 Å². The minimum Gasteiger partial charge on any atom is -0.352 e. The van der Waals surface area contributed by atoms with Gasteiger partial charge in [0.15, 0.2) is 0 Å². The third-order valence-corrected chi connectivity index (χ3v) is 7.39. The molecule has 0 aliphatic carbocycles. The first-order chi connectivity index (χ1) is 16.6. The van der Waals surface area contributed by atoms with Crippen LogP contribution in [0.1, 0.15) is 27.0 Å². The van der Waals surface area contributed by atoms with Crippen molar-refractivity contribution in [1.29, 1.82) is 0 Å². The molecule has 0 saturated heterocycles. The Kier molecular flexibility index (Phi) is 8.91. The number of amides is 1. The van der Waals surface area contributed by atoms with Crippen molar-refractivity contribution in [1.82, 2.24) is 10.6 Å². The van der Waals surface area contributed by atoms with Gasteiger partial charge < -0.3 is 5.32 Å². The maximum atomic E-state index is 12.6. The normalized spacial score (nSPS) is 10.8. The fourth-order valence-corrected chi connectivity index (χ4v) is 4.72. The highest BCUT2D eigenvalue weighted by Crippen LogP contribution is 2.21. The van der Waals surface area contributed by atoms with Crippen LogP contribution in [-0.4, -0.2) is 12.5 Å². The van der Waals surface area contributed by atoms with Crippen LogP contribution >= 0.6 is 38.5 Å². The fourth-order valence-electron chi connectivity index (χ4n) is 3.66. The standard InChI is InChI=1S/C29H25BrIN2O/c30-27-18-24(14-15-25(27)19-32-20-26-8-4-5-9-28(26)31)29(34)33-17-16-21-10-12-23(13-11-21)22-6-2-1-3-7-22/h1-15,18H,16-17,19-20H2,(H,33,34). The van der Waals surface area contributed by atoms with Crippen LogP contribution in [0.5, 0.6) is 0 Å². The summed E-state index contributed by atoms with van der Waals surface area (Å²) in [6, 6.07) is 32.8. The van der Waals surface area contributed by atoms with Gasteiger partial charge in [-0.3, -0.25) is 4.79 Å². The molecule has 0 fully saturated rings. The van der Waals surface area contributed by atoms with E-state index in [0.717, 1.165) is 16.5 Å². The summed E-state index contributed by atoms with van der Waals surface area (Å²) in [7, 11) is 0. The Labute approximate surface area is 223 Å². The van der Waals surface area contributed by atoms with Crippen LogP contribution in [0.25, 0.3) is 11.1 Å². The van der Waals surface area contributed by atoms with Gasteiger partial charge in [0.25, 0.3) is 5.91 Å². The third kappa shape index (κ3) is 6.78. The number of nitrogens with zero attached hydrogens (tertiary/aromatic N) is 1. The lowest BCUT2D eigenvalue weighted by molar-refractivity contribution is 0.0954. The zero-order valence-corrected chi connectivity index (χ0v) is 22.4. The van der Waals surface area contributed by atoms with Gasteiger partial charge in [-0.2, -0.15) is 0 Å². The molecule has 0 bridgehead atoms. The van der Waals surface area contributed by atoms with Crippen molar-refractivity contribution in [3.8, 4) is 11.1 Å². The Bertz CT molecular complexity index is 1240. The Hall–Kier alpha value is -2.48. The molecule has 0 unspecified atom stereocenters. The van der Waals surface area contributed by atoms with Gasteiger partial charge in [-0.15, -0.1) is 0 Å². The molecule has 0 aliphatic heterocycles. The van der Waals surface area contributed by atoms with Crippen LogP contribution in [0.3, 0.4) is 0 Å². The summed E-state index contributed by atoms with van der Waals surface area (Å²) in [5, 5.41) is 7.71. The van der Waals surface area contributed by atoms with E-state index in [2.05, 4.69) is 97.7 Å². The highest BCUT2D eigenvalue weighted by molar-refractivity contribution is 14.1. The summed E-state index contributed by atoms with van der Waals surface area (Å²) in [6.45, 7) is 1.88. The highest BCUT2D eigenvalue weighted by Gasteiger charge is 2.09. The Morgan fingerprint density at radius 3 is 2.21 bits per heavy atom. The predicted octanol–water partition coefficient (Wildman–Crippen LogP) is 7.00. The van der Waals surface area contributed by atoms with Gasteiger partial charge in [-0.25, -0.2) is 5.32 Å². The molecule has 1 amide bonds. The van der Waals surface area contributed by atoms with Crippen molar-refractivity contribution in [3.63, 3.8) is 0 Å². The minimum atomic E-state index is -0.0658. The Morgan fingerprint density at radius 2 is 1.47 bits per heavy atom. The molecule has 4 aromatic carbocycles. The lowest BCUT2D eigenvalue weighted by atomic mass is 10.0. The average Bonchev–Trinajstić information content (AvgIpc) is 2.87. The number of carbonyl (C=O) groups excluding carboxylic acids is 1. The van der Waals surface area contributed by atoms with E-state index in [-0.39, 0.29) is 5.91 Å². The van der Waals surface area contributed by atoms with E-state index in [4.69, 9.17) is 0 Å². The largest absolute Gasteiger partial charge is 0.352 e. The lowest BCUT2D eigenvalue weighted by Gasteiger charge is -2.10.